The van der Waals surface area contributed by atoms with Crippen LogP contribution < -0.4 is 10.6 Å². The Morgan fingerprint density at radius 3 is 2.47 bits per heavy atom. The van der Waals surface area contributed by atoms with Crippen molar-refractivity contribution >= 4 is 29.6 Å². The number of rotatable bonds is 5. The Morgan fingerprint density at radius 1 is 1.00 bits per heavy atom. The summed E-state index contributed by atoms with van der Waals surface area (Å²) in [4.78, 5) is 38.4. The zero-order chi connectivity index (χ0) is 22.8. The standard InChI is InChI=1S/C25H24N4O3/c1-16-6-9-19(10-7-16)26-23(30)15-29-24(31)22(27-25(29)32)14-20-5-4-12-28(20)21-11-8-17(2)18(3)13-21/h4-14H,15H2,1-3H3,(H,26,30)(H,27,32)/b22-14+. The van der Waals surface area contributed by atoms with E-state index in [9.17, 15) is 14.4 Å². The SMILES string of the molecule is Cc1ccc(NC(=O)CN2C(=O)N/C(=C/c3cccn3-c3ccc(C)c(C)c3)C2=O)cc1. The number of imide groups is 1. The van der Waals surface area contributed by atoms with Crippen LogP contribution in [0.25, 0.3) is 11.8 Å². The van der Waals surface area contributed by atoms with Gasteiger partial charge in [0, 0.05) is 23.3 Å². The molecule has 4 amide bonds. The zero-order valence-electron chi connectivity index (χ0n) is 18.2. The number of hydrogen-bond acceptors (Lipinski definition) is 3. The number of urea groups is 1. The average molecular weight is 428 g/mol. The molecule has 0 radical (unpaired) electrons. The second-order valence-corrected chi connectivity index (χ2v) is 7.87. The molecule has 0 atom stereocenters. The molecule has 1 saturated heterocycles. The van der Waals surface area contributed by atoms with Crippen molar-refractivity contribution in [3.05, 3.63) is 88.9 Å². The number of amides is 4. The van der Waals surface area contributed by atoms with E-state index >= 15 is 0 Å². The molecule has 0 bridgehead atoms. The third kappa shape index (κ3) is 4.32. The first-order chi connectivity index (χ1) is 15.3. The molecular formula is C25H24N4O3. The van der Waals surface area contributed by atoms with Crippen LogP contribution in [0.15, 0.2) is 66.5 Å². The van der Waals surface area contributed by atoms with Gasteiger partial charge in [-0.25, -0.2) is 9.69 Å². The molecule has 0 aliphatic carbocycles. The van der Waals surface area contributed by atoms with Gasteiger partial charge in [-0.2, -0.15) is 0 Å². The van der Waals surface area contributed by atoms with Gasteiger partial charge >= 0.3 is 6.03 Å². The molecule has 2 aromatic carbocycles. The average Bonchev–Trinajstić information content (AvgIpc) is 3.32. The van der Waals surface area contributed by atoms with Crippen LogP contribution in [0, 0.1) is 20.8 Å². The topological polar surface area (TPSA) is 83.4 Å². The highest BCUT2D eigenvalue weighted by Gasteiger charge is 2.35. The van der Waals surface area contributed by atoms with E-state index < -0.39 is 17.8 Å². The van der Waals surface area contributed by atoms with Crippen molar-refractivity contribution in [2.75, 3.05) is 11.9 Å². The summed E-state index contributed by atoms with van der Waals surface area (Å²) in [7, 11) is 0. The molecule has 4 rings (SSSR count). The first-order valence-corrected chi connectivity index (χ1v) is 10.3. The zero-order valence-corrected chi connectivity index (χ0v) is 18.2. The monoisotopic (exact) mass is 428 g/mol. The predicted octanol–water partition coefficient (Wildman–Crippen LogP) is 3.93. The lowest BCUT2D eigenvalue weighted by atomic mass is 10.1. The predicted molar refractivity (Wildman–Crippen MR) is 123 cm³/mol. The summed E-state index contributed by atoms with van der Waals surface area (Å²) in [5.74, 6) is -0.987. The van der Waals surface area contributed by atoms with Gasteiger partial charge in [0.05, 0.1) is 0 Å². The molecule has 32 heavy (non-hydrogen) atoms. The van der Waals surface area contributed by atoms with Crippen LogP contribution in [-0.4, -0.2) is 33.9 Å². The fourth-order valence-corrected chi connectivity index (χ4v) is 3.47. The van der Waals surface area contributed by atoms with Crippen LogP contribution in [0.3, 0.4) is 0 Å². The molecule has 7 nitrogen and oxygen atoms in total. The summed E-state index contributed by atoms with van der Waals surface area (Å²) >= 11 is 0. The molecular weight excluding hydrogens is 404 g/mol. The van der Waals surface area contributed by atoms with Crippen LogP contribution in [0.2, 0.25) is 0 Å². The van der Waals surface area contributed by atoms with Gasteiger partial charge in [-0.15, -0.1) is 0 Å². The number of aromatic nitrogens is 1. The van der Waals surface area contributed by atoms with Gasteiger partial charge in [-0.3, -0.25) is 9.59 Å². The Kier molecular flexibility index (Phi) is 5.64. The van der Waals surface area contributed by atoms with Gasteiger partial charge in [0.15, 0.2) is 0 Å². The molecule has 2 N–H and O–H groups in total. The Morgan fingerprint density at radius 2 is 1.75 bits per heavy atom. The third-order valence-corrected chi connectivity index (χ3v) is 5.44. The number of carbonyl (C=O) groups excluding carboxylic acids is 3. The molecule has 1 aliphatic heterocycles. The molecule has 7 heteroatoms. The van der Waals surface area contributed by atoms with Crippen molar-refractivity contribution in [2.45, 2.75) is 20.8 Å². The van der Waals surface area contributed by atoms with Gasteiger partial charge < -0.3 is 15.2 Å². The molecule has 0 saturated carbocycles. The highest BCUT2D eigenvalue weighted by atomic mass is 16.2. The second kappa shape index (κ2) is 8.55. The van der Waals surface area contributed by atoms with E-state index in [1.807, 2.05) is 67.9 Å². The molecule has 162 valence electrons. The van der Waals surface area contributed by atoms with Gasteiger partial charge in [0.25, 0.3) is 5.91 Å². The van der Waals surface area contributed by atoms with Crippen LogP contribution in [-0.2, 0) is 9.59 Å². The lowest BCUT2D eigenvalue weighted by Crippen LogP contribution is -2.38. The van der Waals surface area contributed by atoms with Gasteiger partial charge in [-0.05, 0) is 74.4 Å². The number of aryl methyl sites for hydroxylation is 3. The highest BCUT2D eigenvalue weighted by Crippen LogP contribution is 2.20. The van der Waals surface area contributed by atoms with E-state index in [0.717, 1.165) is 27.4 Å². The summed E-state index contributed by atoms with van der Waals surface area (Å²) in [6.45, 7) is 5.67. The lowest BCUT2D eigenvalue weighted by Gasteiger charge is -2.12. The number of carbonyl (C=O) groups is 3. The second-order valence-electron chi connectivity index (χ2n) is 7.87. The van der Waals surface area contributed by atoms with E-state index in [1.165, 1.54) is 5.56 Å². The van der Waals surface area contributed by atoms with Crippen molar-refractivity contribution in [2.24, 2.45) is 0 Å². The first-order valence-electron chi connectivity index (χ1n) is 10.3. The molecule has 0 unspecified atom stereocenters. The molecule has 3 aromatic rings. The van der Waals surface area contributed by atoms with Crippen LogP contribution in [0.5, 0.6) is 0 Å². The molecule has 2 heterocycles. The van der Waals surface area contributed by atoms with Gasteiger partial charge in [0.2, 0.25) is 5.91 Å². The number of hydrogen-bond donors (Lipinski definition) is 2. The minimum Gasteiger partial charge on any atom is -0.325 e. The Balaban J connectivity index is 1.50. The Hall–Kier alpha value is -4.13. The van der Waals surface area contributed by atoms with Crippen molar-refractivity contribution in [3.8, 4) is 5.69 Å². The van der Waals surface area contributed by atoms with Crippen LogP contribution in [0.4, 0.5) is 10.5 Å². The normalized spacial score (nSPS) is 14.7. The van der Waals surface area contributed by atoms with E-state index in [4.69, 9.17) is 0 Å². The summed E-state index contributed by atoms with van der Waals surface area (Å²) in [5.41, 5.74) is 5.84. The van der Waals surface area contributed by atoms with E-state index in [-0.39, 0.29) is 12.2 Å². The fourth-order valence-electron chi connectivity index (χ4n) is 3.47. The Bertz CT molecular complexity index is 1240. The van der Waals surface area contributed by atoms with Gasteiger partial charge in [-0.1, -0.05) is 23.8 Å². The van der Waals surface area contributed by atoms with Gasteiger partial charge in [0.1, 0.15) is 12.2 Å². The van der Waals surface area contributed by atoms with Crippen molar-refractivity contribution in [1.29, 1.82) is 0 Å². The largest absolute Gasteiger partial charge is 0.329 e. The number of benzene rings is 2. The van der Waals surface area contributed by atoms with Crippen molar-refractivity contribution in [1.82, 2.24) is 14.8 Å². The maximum absolute atomic E-state index is 12.8. The third-order valence-electron chi connectivity index (χ3n) is 5.44. The molecule has 1 aliphatic rings. The van der Waals surface area contributed by atoms with Crippen LogP contribution >= 0.6 is 0 Å². The maximum atomic E-state index is 12.8. The van der Waals surface area contributed by atoms with Crippen molar-refractivity contribution < 1.29 is 14.4 Å². The number of nitrogens with one attached hydrogen (secondary N) is 2. The molecule has 1 aromatic heterocycles. The van der Waals surface area contributed by atoms with E-state index in [1.54, 1.807) is 18.2 Å². The van der Waals surface area contributed by atoms with E-state index in [2.05, 4.69) is 16.7 Å². The minimum absolute atomic E-state index is 0.127. The van der Waals surface area contributed by atoms with Crippen molar-refractivity contribution in [3.63, 3.8) is 0 Å². The Labute approximate surface area is 186 Å². The summed E-state index contributed by atoms with van der Waals surface area (Å²) in [5, 5.41) is 5.27. The van der Waals surface area contributed by atoms with Crippen LogP contribution in [0.1, 0.15) is 22.4 Å². The highest BCUT2D eigenvalue weighted by molar-refractivity contribution is 6.15. The number of anilines is 1. The number of nitrogens with zero attached hydrogens (tertiary/aromatic N) is 2. The van der Waals surface area contributed by atoms with E-state index in [0.29, 0.717) is 5.69 Å². The molecule has 1 fully saturated rings. The summed E-state index contributed by atoms with van der Waals surface area (Å²) in [6.07, 6.45) is 3.51. The summed E-state index contributed by atoms with van der Waals surface area (Å²) < 4.78 is 1.94. The fraction of sp³-hybridized carbons (Fsp3) is 0.160. The summed E-state index contributed by atoms with van der Waals surface area (Å²) in [6, 6.07) is 16.5. The maximum Gasteiger partial charge on any atom is 0.329 e. The minimum atomic E-state index is -0.621. The quantitative estimate of drug-likeness (QED) is 0.477. The molecule has 0 spiro atoms. The lowest BCUT2D eigenvalue weighted by molar-refractivity contribution is -0.127. The smallest absolute Gasteiger partial charge is 0.325 e. The first kappa shape index (κ1) is 21.1.